The van der Waals surface area contributed by atoms with Gasteiger partial charge in [-0.3, -0.25) is 4.79 Å². The van der Waals surface area contributed by atoms with Crippen LogP contribution in [0.5, 0.6) is 0 Å². The molecule has 2 heterocycles. The first-order valence-electron chi connectivity index (χ1n) is 4.70. The standard InChI is InChI=1S/C11H11BrN2O/c1-7-3-4-14-9(5-7)11(12)13-10(14)6-8(2)15/h3-5H,6H2,1-2H3. The van der Waals surface area contributed by atoms with Gasteiger partial charge in [-0.15, -0.1) is 0 Å². The van der Waals surface area contributed by atoms with Crippen LogP contribution in [0.1, 0.15) is 18.3 Å². The fraction of sp³-hybridized carbons (Fsp3) is 0.273. The molecule has 0 N–H and O–H groups in total. The Bertz CT molecular complexity index is 531. The van der Waals surface area contributed by atoms with Gasteiger partial charge in [-0.1, -0.05) is 0 Å². The van der Waals surface area contributed by atoms with Gasteiger partial charge in [0.05, 0.1) is 11.9 Å². The highest BCUT2D eigenvalue weighted by atomic mass is 79.9. The zero-order valence-electron chi connectivity index (χ0n) is 8.62. The zero-order valence-corrected chi connectivity index (χ0v) is 10.2. The van der Waals surface area contributed by atoms with Crippen molar-refractivity contribution < 1.29 is 4.79 Å². The lowest BCUT2D eigenvalue weighted by molar-refractivity contribution is -0.116. The number of halogens is 1. The number of rotatable bonds is 2. The first kappa shape index (κ1) is 10.4. The second-order valence-corrected chi connectivity index (χ2v) is 4.41. The predicted molar refractivity (Wildman–Crippen MR) is 62.0 cm³/mol. The quantitative estimate of drug-likeness (QED) is 0.838. The number of fused-ring (bicyclic) bond motifs is 1. The van der Waals surface area contributed by atoms with E-state index in [4.69, 9.17) is 0 Å². The molecular weight excluding hydrogens is 256 g/mol. The van der Waals surface area contributed by atoms with E-state index in [-0.39, 0.29) is 5.78 Å². The molecule has 0 aliphatic carbocycles. The number of carbonyl (C=O) groups is 1. The molecule has 0 saturated heterocycles. The molecule has 2 aromatic heterocycles. The first-order valence-corrected chi connectivity index (χ1v) is 5.50. The van der Waals surface area contributed by atoms with Crippen molar-refractivity contribution in [3.8, 4) is 0 Å². The van der Waals surface area contributed by atoms with Crippen molar-refractivity contribution >= 4 is 27.2 Å². The lowest BCUT2D eigenvalue weighted by Gasteiger charge is -1.99. The topological polar surface area (TPSA) is 34.4 Å². The smallest absolute Gasteiger partial charge is 0.137 e. The maximum absolute atomic E-state index is 11.1. The van der Waals surface area contributed by atoms with E-state index in [9.17, 15) is 4.79 Å². The summed E-state index contributed by atoms with van der Waals surface area (Å²) in [6, 6.07) is 4.05. The number of Topliss-reactive ketones (excluding diaryl/α,β-unsaturated/α-hetero) is 1. The van der Waals surface area contributed by atoms with E-state index in [2.05, 4.69) is 20.9 Å². The minimum atomic E-state index is 0.120. The van der Waals surface area contributed by atoms with Crippen molar-refractivity contribution in [1.82, 2.24) is 9.38 Å². The van der Waals surface area contributed by atoms with Crippen LogP contribution in [-0.4, -0.2) is 15.2 Å². The third-order valence-electron chi connectivity index (χ3n) is 2.23. The van der Waals surface area contributed by atoms with Crippen LogP contribution in [0, 0.1) is 6.92 Å². The molecule has 0 amide bonds. The summed E-state index contributed by atoms with van der Waals surface area (Å²) in [5.41, 5.74) is 2.18. The lowest BCUT2D eigenvalue weighted by Crippen LogP contribution is -2.01. The molecule has 15 heavy (non-hydrogen) atoms. The summed E-state index contributed by atoms with van der Waals surface area (Å²) in [6.45, 7) is 3.60. The van der Waals surface area contributed by atoms with Gasteiger partial charge in [0, 0.05) is 6.20 Å². The second kappa shape index (κ2) is 3.77. The van der Waals surface area contributed by atoms with Crippen LogP contribution in [0.2, 0.25) is 0 Å². The molecule has 0 aromatic carbocycles. The van der Waals surface area contributed by atoms with Crippen LogP contribution in [0.3, 0.4) is 0 Å². The minimum absolute atomic E-state index is 0.120. The van der Waals surface area contributed by atoms with Gasteiger partial charge in [-0.25, -0.2) is 4.98 Å². The van der Waals surface area contributed by atoms with Gasteiger partial charge in [0.25, 0.3) is 0 Å². The summed E-state index contributed by atoms with van der Waals surface area (Å²) >= 11 is 3.40. The van der Waals surface area contributed by atoms with Gasteiger partial charge >= 0.3 is 0 Å². The SMILES string of the molecule is CC(=O)Cc1nc(Br)c2cc(C)ccn12. The van der Waals surface area contributed by atoms with Gasteiger partial charge in [0.2, 0.25) is 0 Å². The number of nitrogens with zero attached hydrogens (tertiary/aromatic N) is 2. The summed E-state index contributed by atoms with van der Waals surface area (Å²) < 4.78 is 2.74. The average Bonchev–Trinajstić information content (AvgIpc) is 2.42. The highest BCUT2D eigenvalue weighted by molar-refractivity contribution is 9.10. The highest BCUT2D eigenvalue weighted by Gasteiger charge is 2.10. The van der Waals surface area contributed by atoms with Crippen molar-refractivity contribution in [3.63, 3.8) is 0 Å². The third kappa shape index (κ3) is 1.95. The molecule has 0 aliphatic rings. The number of hydrogen-bond acceptors (Lipinski definition) is 2. The Morgan fingerprint density at radius 1 is 1.60 bits per heavy atom. The van der Waals surface area contributed by atoms with Gasteiger partial charge in [-0.2, -0.15) is 0 Å². The Morgan fingerprint density at radius 3 is 3.00 bits per heavy atom. The monoisotopic (exact) mass is 266 g/mol. The zero-order chi connectivity index (χ0) is 11.0. The van der Waals surface area contributed by atoms with Crippen molar-refractivity contribution in [2.24, 2.45) is 0 Å². The molecule has 4 heteroatoms. The molecule has 3 nitrogen and oxygen atoms in total. The Kier molecular flexibility index (Phi) is 2.61. The summed E-state index contributed by atoms with van der Waals surface area (Å²) in [5, 5.41) is 0. The van der Waals surface area contributed by atoms with E-state index in [0.717, 1.165) is 15.9 Å². The van der Waals surface area contributed by atoms with Crippen LogP contribution >= 0.6 is 15.9 Å². The number of aryl methyl sites for hydroxylation is 1. The predicted octanol–water partition coefficient (Wildman–Crippen LogP) is 2.54. The van der Waals surface area contributed by atoms with E-state index >= 15 is 0 Å². The Morgan fingerprint density at radius 2 is 2.33 bits per heavy atom. The Balaban J connectivity index is 2.62. The summed E-state index contributed by atoms with van der Waals surface area (Å²) in [5.74, 6) is 0.902. The number of aromatic nitrogens is 2. The molecule has 78 valence electrons. The number of ketones is 1. The highest BCUT2D eigenvalue weighted by Crippen LogP contribution is 2.20. The molecule has 0 unspecified atom stereocenters. The lowest BCUT2D eigenvalue weighted by atomic mass is 10.2. The summed E-state index contributed by atoms with van der Waals surface area (Å²) in [6.07, 6.45) is 2.32. The van der Waals surface area contributed by atoms with E-state index in [1.807, 2.05) is 29.7 Å². The van der Waals surface area contributed by atoms with Crippen LogP contribution < -0.4 is 0 Å². The molecule has 0 aliphatic heterocycles. The Hall–Kier alpha value is -1.16. The molecule has 2 aromatic rings. The van der Waals surface area contributed by atoms with E-state index < -0.39 is 0 Å². The van der Waals surface area contributed by atoms with Crippen LogP contribution in [-0.2, 0) is 11.2 Å². The second-order valence-electron chi connectivity index (χ2n) is 3.66. The number of imidazole rings is 1. The molecule has 2 rings (SSSR count). The minimum Gasteiger partial charge on any atom is -0.302 e. The first-order chi connectivity index (χ1) is 7.08. The van der Waals surface area contributed by atoms with Gasteiger partial charge in [-0.05, 0) is 47.5 Å². The number of carbonyl (C=O) groups excluding carboxylic acids is 1. The van der Waals surface area contributed by atoms with Crippen LogP contribution in [0.25, 0.3) is 5.52 Å². The third-order valence-corrected chi connectivity index (χ3v) is 2.82. The van der Waals surface area contributed by atoms with Gasteiger partial charge in [0.15, 0.2) is 0 Å². The fourth-order valence-corrected chi connectivity index (χ4v) is 2.07. The maximum atomic E-state index is 11.1. The van der Waals surface area contributed by atoms with Crippen molar-refractivity contribution in [1.29, 1.82) is 0 Å². The summed E-state index contributed by atoms with van der Waals surface area (Å²) in [4.78, 5) is 15.4. The number of pyridine rings is 1. The van der Waals surface area contributed by atoms with Crippen molar-refractivity contribution in [2.45, 2.75) is 20.3 Å². The van der Waals surface area contributed by atoms with Crippen LogP contribution in [0.15, 0.2) is 22.9 Å². The summed E-state index contributed by atoms with van der Waals surface area (Å²) in [7, 11) is 0. The van der Waals surface area contributed by atoms with Gasteiger partial charge in [0.1, 0.15) is 16.2 Å². The van der Waals surface area contributed by atoms with Crippen molar-refractivity contribution in [3.05, 3.63) is 34.3 Å². The number of hydrogen-bond donors (Lipinski definition) is 0. The molecular formula is C11H11BrN2O. The van der Waals surface area contributed by atoms with E-state index in [1.165, 1.54) is 5.56 Å². The van der Waals surface area contributed by atoms with E-state index in [0.29, 0.717) is 6.42 Å². The molecule has 0 saturated carbocycles. The van der Waals surface area contributed by atoms with E-state index in [1.54, 1.807) is 6.92 Å². The normalized spacial score (nSPS) is 10.9. The largest absolute Gasteiger partial charge is 0.302 e. The van der Waals surface area contributed by atoms with Crippen molar-refractivity contribution in [2.75, 3.05) is 0 Å². The molecule has 0 radical (unpaired) electrons. The fourth-order valence-electron chi connectivity index (χ4n) is 1.56. The maximum Gasteiger partial charge on any atom is 0.137 e. The molecule has 0 atom stereocenters. The Labute approximate surface area is 96.3 Å². The molecule has 0 fully saturated rings. The average molecular weight is 267 g/mol. The van der Waals surface area contributed by atoms with Gasteiger partial charge < -0.3 is 4.40 Å². The molecule has 0 bridgehead atoms. The molecule has 0 spiro atoms. The van der Waals surface area contributed by atoms with Crippen LogP contribution in [0.4, 0.5) is 0 Å².